The van der Waals surface area contributed by atoms with Gasteiger partial charge in [0.1, 0.15) is 29.9 Å². The van der Waals surface area contributed by atoms with Gasteiger partial charge >= 0.3 is 0 Å². The highest BCUT2D eigenvalue weighted by molar-refractivity contribution is 5.58. The lowest BCUT2D eigenvalue weighted by atomic mass is 10.1. The molecule has 0 bridgehead atoms. The molecule has 1 aliphatic rings. The number of ether oxygens (including phenoxy) is 1. The fourth-order valence-corrected chi connectivity index (χ4v) is 1.91. The third kappa shape index (κ3) is 1.54. The number of anilines is 1. The normalized spacial score (nSPS) is 18.4. The summed E-state index contributed by atoms with van der Waals surface area (Å²) >= 11 is 0. The van der Waals surface area contributed by atoms with E-state index in [0.717, 1.165) is 23.0 Å². The SMILES string of the molecule is Cc1ccc(C2COc3ccccc3N2)o1. The van der Waals surface area contributed by atoms with Gasteiger partial charge in [-0.25, -0.2) is 0 Å². The van der Waals surface area contributed by atoms with Gasteiger partial charge in [-0.3, -0.25) is 0 Å². The van der Waals surface area contributed by atoms with Gasteiger partial charge in [0.2, 0.25) is 0 Å². The smallest absolute Gasteiger partial charge is 0.142 e. The lowest BCUT2D eigenvalue weighted by molar-refractivity contribution is 0.268. The molecule has 1 aromatic heterocycles. The molecular weight excluding hydrogens is 202 g/mol. The summed E-state index contributed by atoms with van der Waals surface area (Å²) in [6.45, 7) is 2.55. The zero-order chi connectivity index (χ0) is 11.0. The standard InChI is InChI=1S/C13H13NO2/c1-9-6-7-13(16-9)11-8-15-12-5-3-2-4-10(12)14-11/h2-7,11,14H,8H2,1H3. The van der Waals surface area contributed by atoms with E-state index < -0.39 is 0 Å². The number of benzene rings is 1. The minimum absolute atomic E-state index is 0.101. The van der Waals surface area contributed by atoms with Crippen molar-refractivity contribution >= 4 is 5.69 Å². The van der Waals surface area contributed by atoms with Crippen LogP contribution in [0.2, 0.25) is 0 Å². The molecule has 1 atom stereocenters. The van der Waals surface area contributed by atoms with Crippen molar-refractivity contribution in [1.29, 1.82) is 0 Å². The largest absolute Gasteiger partial charge is 0.489 e. The van der Waals surface area contributed by atoms with Gasteiger partial charge < -0.3 is 14.5 Å². The maximum absolute atomic E-state index is 5.68. The molecule has 3 rings (SSSR count). The van der Waals surface area contributed by atoms with E-state index in [-0.39, 0.29) is 6.04 Å². The molecule has 0 spiro atoms. The molecule has 0 amide bonds. The first-order valence-corrected chi connectivity index (χ1v) is 5.37. The fraction of sp³-hybridized carbons (Fsp3) is 0.231. The molecule has 1 N–H and O–H groups in total. The summed E-state index contributed by atoms with van der Waals surface area (Å²) in [7, 11) is 0. The maximum atomic E-state index is 5.68. The van der Waals surface area contributed by atoms with Crippen molar-refractivity contribution in [3.63, 3.8) is 0 Å². The molecule has 0 radical (unpaired) electrons. The molecule has 1 unspecified atom stereocenters. The Morgan fingerprint density at radius 2 is 2.06 bits per heavy atom. The number of para-hydroxylation sites is 2. The summed E-state index contributed by atoms with van der Waals surface area (Å²) < 4.78 is 11.3. The first-order chi connectivity index (χ1) is 7.83. The third-order valence-electron chi connectivity index (χ3n) is 2.73. The van der Waals surface area contributed by atoms with Crippen molar-refractivity contribution < 1.29 is 9.15 Å². The van der Waals surface area contributed by atoms with E-state index in [9.17, 15) is 0 Å². The molecule has 3 heteroatoms. The van der Waals surface area contributed by atoms with E-state index in [0.29, 0.717) is 6.61 Å². The van der Waals surface area contributed by atoms with Crippen LogP contribution >= 0.6 is 0 Å². The van der Waals surface area contributed by atoms with Crippen molar-refractivity contribution in [3.8, 4) is 5.75 Å². The quantitative estimate of drug-likeness (QED) is 0.793. The summed E-state index contributed by atoms with van der Waals surface area (Å²) in [5.41, 5.74) is 1.02. The van der Waals surface area contributed by atoms with Crippen LogP contribution in [0.5, 0.6) is 5.75 Å². The van der Waals surface area contributed by atoms with Gasteiger partial charge in [-0.15, -0.1) is 0 Å². The number of hydrogen-bond acceptors (Lipinski definition) is 3. The topological polar surface area (TPSA) is 34.4 Å². The van der Waals surface area contributed by atoms with Crippen molar-refractivity contribution in [1.82, 2.24) is 0 Å². The van der Waals surface area contributed by atoms with Crippen LogP contribution in [0.3, 0.4) is 0 Å². The first-order valence-electron chi connectivity index (χ1n) is 5.37. The van der Waals surface area contributed by atoms with Crippen molar-refractivity contribution in [2.45, 2.75) is 13.0 Å². The van der Waals surface area contributed by atoms with Crippen molar-refractivity contribution in [2.75, 3.05) is 11.9 Å². The Morgan fingerprint density at radius 1 is 1.19 bits per heavy atom. The van der Waals surface area contributed by atoms with E-state index in [2.05, 4.69) is 5.32 Å². The Kier molecular flexibility index (Phi) is 2.10. The highest BCUT2D eigenvalue weighted by Crippen LogP contribution is 2.33. The monoisotopic (exact) mass is 215 g/mol. The summed E-state index contributed by atoms with van der Waals surface area (Å²) in [4.78, 5) is 0. The van der Waals surface area contributed by atoms with Crippen LogP contribution in [-0.4, -0.2) is 6.61 Å². The molecule has 0 saturated carbocycles. The van der Waals surface area contributed by atoms with Crippen LogP contribution in [0.4, 0.5) is 5.69 Å². The van der Waals surface area contributed by atoms with Crippen LogP contribution in [0.15, 0.2) is 40.8 Å². The molecule has 0 fully saturated rings. The van der Waals surface area contributed by atoms with E-state index >= 15 is 0 Å². The molecule has 16 heavy (non-hydrogen) atoms. The van der Waals surface area contributed by atoms with Crippen LogP contribution < -0.4 is 10.1 Å². The zero-order valence-corrected chi connectivity index (χ0v) is 9.07. The van der Waals surface area contributed by atoms with E-state index in [1.165, 1.54) is 0 Å². The van der Waals surface area contributed by atoms with Crippen LogP contribution in [0, 0.1) is 6.92 Å². The lowest BCUT2D eigenvalue weighted by Gasteiger charge is -2.25. The average Bonchev–Trinajstić information content (AvgIpc) is 2.75. The number of aryl methyl sites for hydroxylation is 1. The number of fused-ring (bicyclic) bond motifs is 1. The molecule has 1 aliphatic heterocycles. The Bertz CT molecular complexity index is 504. The molecule has 0 aliphatic carbocycles. The Hall–Kier alpha value is -1.90. The maximum Gasteiger partial charge on any atom is 0.142 e. The molecule has 0 saturated heterocycles. The van der Waals surface area contributed by atoms with Gasteiger partial charge in [0, 0.05) is 0 Å². The van der Waals surface area contributed by atoms with E-state index in [1.807, 2.05) is 43.3 Å². The van der Waals surface area contributed by atoms with Crippen LogP contribution in [-0.2, 0) is 0 Å². The molecule has 2 aromatic rings. The minimum Gasteiger partial charge on any atom is -0.489 e. The second kappa shape index (κ2) is 3.59. The van der Waals surface area contributed by atoms with Gasteiger partial charge in [-0.05, 0) is 31.2 Å². The fourth-order valence-electron chi connectivity index (χ4n) is 1.91. The first kappa shape index (κ1) is 9.33. The van der Waals surface area contributed by atoms with Gasteiger partial charge in [-0.2, -0.15) is 0 Å². The Morgan fingerprint density at radius 3 is 2.88 bits per heavy atom. The predicted octanol–water partition coefficient (Wildman–Crippen LogP) is 3.13. The predicted molar refractivity (Wildman–Crippen MR) is 61.7 cm³/mol. The van der Waals surface area contributed by atoms with Crippen molar-refractivity contribution in [2.24, 2.45) is 0 Å². The molecular formula is C13H13NO2. The van der Waals surface area contributed by atoms with Crippen LogP contribution in [0.25, 0.3) is 0 Å². The van der Waals surface area contributed by atoms with Gasteiger partial charge in [0.15, 0.2) is 0 Å². The summed E-state index contributed by atoms with van der Waals surface area (Å²) in [5, 5.41) is 3.41. The highest BCUT2D eigenvalue weighted by atomic mass is 16.5. The van der Waals surface area contributed by atoms with Crippen LogP contribution in [0.1, 0.15) is 17.6 Å². The van der Waals surface area contributed by atoms with Gasteiger partial charge in [0.05, 0.1) is 5.69 Å². The molecule has 3 nitrogen and oxygen atoms in total. The second-order valence-corrected chi connectivity index (χ2v) is 3.95. The van der Waals surface area contributed by atoms with E-state index in [4.69, 9.17) is 9.15 Å². The summed E-state index contributed by atoms with van der Waals surface area (Å²) in [6, 6.07) is 12.0. The zero-order valence-electron chi connectivity index (χ0n) is 9.07. The number of hydrogen-bond donors (Lipinski definition) is 1. The minimum atomic E-state index is 0.101. The Balaban J connectivity index is 1.88. The number of nitrogens with one attached hydrogen (secondary N) is 1. The van der Waals surface area contributed by atoms with Gasteiger partial charge in [-0.1, -0.05) is 12.1 Å². The average molecular weight is 215 g/mol. The number of furan rings is 1. The third-order valence-corrected chi connectivity index (χ3v) is 2.73. The lowest BCUT2D eigenvalue weighted by Crippen LogP contribution is -2.23. The second-order valence-electron chi connectivity index (χ2n) is 3.95. The van der Waals surface area contributed by atoms with Crippen molar-refractivity contribution in [3.05, 3.63) is 47.9 Å². The van der Waals surface area contributed by atoms with Gasteiger partial charge in [0.25, 0.3) is 0 Å². The van der Waals surface area contributed by atoms with E-state index in [1.54, 1.807) is 0 Å². The Labute approximate surface area is 94.0 Å². The molecule has 1 aromatic carbocycles. The molecule has 2 heterocycles. The summed E-state index contributed by atoms with van der Waals surface area (Å²) in [6.07, 6.45) is 0. The number of rotatable bonds is 1. The highest BCUT2D eigenvalue weighted by Gasteiger charge is 2.22. The molecule has 82 valence electrons. The summed E-state index contributed by atoms with van der Waals surface area (Å²) in [5.74, 6) is 2.75.